The standard InChI is InChI=1S/C23H30F3N5O2/c1-14-4-5-19(28-27-14)17-6-7-31-20(17)12-18(22(32)33)15(2)21(31)16(3)30-10-8-29(9-11-30)13-23(24,25)26/h6-7,12,14,16,19H,4-5,8-11,13H2,1-3H3,(H,32,33)/p-1. The molecule has 0 saturated carbocycles. The Morgan fingerprint density at radius 3 is 2.48 bits per heavy atom. The van der Waals surface area contributed by atoms with Gasteiger partial charge in [-0.3, -0.25) is 9.80 Å². The second-order valence-corrected chi connectivity index (χ2v) is 9.16. The summed E-state index contributed by atoms with van der Waals surface area (Å²) in [6.45, 7) is 6.40. The minimum atomic E-state index is -4.21. The van der Waals surface area contributed by atoms with Crippen molar-refractivity contribution in [2.75, 3.05) is 32.7 Å². The SMILES string of the molecule is Cc1c(C(=O)[O-])cc2c(C3CCC(C)N=N3)ccn2c1C(C)N1CCN(CC(F)(F)F)CC1. The first-order valence-corrected chi connectivity index (χ1v) is 11.3. The first kappa shape index (κ1) is 23.7. The molecule has 0 spiro atoms. The number of carbonyl (C=O) groups excluding carboxylic acids is 1. The Kier molecular flexibility index (Phi) is 6.50. The van der Waals surface area contributed by atoms with Crippen LogP contribution in [0.3, 0.4) is 0 Å². The van der Waals surface area contributed by atoms with E-state index in [1.165, 1.54) is 4.90 Å². The molecule has 2 aliphatic rings. The van der Waals surface area contributed by atoms with Crippen molar-refractivity contribution in [2.24, 2.45) is 10.2 Å². The van der Waals surface area contributed by atoms with Crippen molar-refractivity contribution in [2.45, 2.75) is 57.9 Å². The largest absolute Gasteiger partial charge is 0.545 e. The van der Waals surface area contributed by atoms with Crippen LogP contribution in [0.1, 0.15) is 66.0 Å². The van der Waals surface area contributed by atoms with E-state index in [-0.39, 0.29) is 23.7 Å². The van der Waals surface area contributed by atoms with Crippen molar-refractivity contribution >= 4 is 11.5 Å². The van der Waals surface area contributed by atoms with Crippen LogP contribution in [0.2, 0.25) is 0 Å². The van der Waals surface area contributed by atoms with Gasteiger partial charge in [-0.2, -0.15) is 23.4 Å². The maximum Gasteiger partial charge on any atom is 0.401 e. The molecule has 3 atom stereocenters. The molecule has 0 aromatic carbocycles. The number of rotatable bonds is 5. The molecule has 10 heteroatoms. The monoisotopic (exact) mass is 464 g/mol. The Morgan fingerprint density at radius 1 is 1.21 bits per heavy atom. The molecule has 4 heterocycles. The molecule has 2 aliphatic heterocycles. The zero-order valence-electron chi connectivity index (χ0n) is 19.1. The fourth-order valence-electron chi connectivity index (χ4n) is 5.06. The van der Waals surface area contributed by atoms with E-state index >= 15 is 0 Å². The smallest absolute Gasteiger partial charge is 0.401 e. The summed E-state index contributed by atoms with van der Waals surface area (Å²) >= 11 is 0. The molecule has 33 heavy (non-hydrogen) atoms. The predicted octanol–water partition coefficient (Wildman–Crippen LogP) is 3.53. The van der Waals surface area contributed by atoms with Crippen molar-refractivity contribution in [3.05, 3.63) is 40.7 Å². The van der Waals surface area contributed by atoms with Gasteiger partial charge in [0.1, 0.15) is 0 Å². The first-order valence-electron chi connectivity index (χ1n) is 11.3. The van der Waals surface area contributed by atoms with Gasteiger partial charge < -0.3 is 14.3 Å². The van der Waals surface area contributed by atoms with E-state index < -0.39 is 18.7 Å². The number of pyridine rings is 1. The minimum Gasteiger partial charge on any atom is -0.545 e. The van der Waals surface area contributed by atoms with Gasteiger partial charge in [-0.25, -0.2) is 0 Å². The third kappa shape index (κ3) is 4.91. The molecule has 1 saturated heterocycles. The molecule has 7 nitrogen and oxygen atoms in total. The third-order valence-electron chi connectivity index (χ3n) is 6.88. The lowest BCUT2D eigenvalue weighted by molar-refractivity contribution is -0.255. The number of carboxylic acids is 1. The molecule has 0 N–H and O–H groups in total. The Balaban J connectivity index is 1.67. The van der Waals surface area contributed by atoms with E-state index in [1.54, 1.807) is 13.0 Å². The Labute approximate surface area is 190 Å². The highest BCUT2D eigenvalue weighted by Gasteiger charge is 2.34. The highest BCUT2D eigenvalue weighted by Crippen LogP contribution is 2.36. The van der Waals surface area contributed by atoms with Crippen LogP contribution in [0.5, 0.6) is 0 Å². The molecule has 1 fully saturated rings. The number of hydrogen-bond donors (Lipinski definition) is 0. The van der Waals surface area contributed by atoms with Crippen LogP contribution in [0.15, 0.2) is 28.6 Å². The predicted molar refractivity (Wildman–Crippen MR) is 115 cm³/mol. The summed E-state index contributed by atoms with van der Waals surface area (Å²) in [5, 5.41) is 20.7. The van der Waals surface area contributed by atoms with Crippen molar-refractivity contribution in [1.82, 2.24) is 14.2 Å². The van der Waals surface area contributed by atoms with Crippen LogP contribution in [-0.4, -0.2) is 65.1 Å². The van der Waals surface area contributed by atoms with Gasteiger partial charge in [0.15, 0.2) is 0 Å². The number of aromatic nitrogens is 1. The van der Waals surface area contributed by atoms with Gasteiger partial charge in [-0.15, -0.1) is 0 Å². The lowest BCUT2D eigenvalue weighted by atomic mass is 9.97. The van der Waals surface area contributed by atoms with E-state index in [9.17, 15) is 23.1 Å². The molecule has 4 rings (SSSR count). The van der Waals surface area contributed by atoms with E-state index in [4.69, 9.17) is 0 Å². The van der Waals surface area contributed by atoms with E-state index in [0.29, 0.717) is 31.7 Å². The second-order valence-electron chi connectivity index (χ2n) is 9.16. The van der Waals surface area contributed by atoms with Crippen LogP contribution in [0.4, 0.5) is 13.2 Å². The van der Waals surface area contributed by atoms with E-state index in [2.05, 4.69) is 15.1 Å². The van der Waals surface area contributed by atoms with Gasteiger partial charge in [-0.1, -0.05) is 0 Å². The number of hydrogen-bond acceptors (Lipinski definition) is 6. The van der Waals surface area contributed by atoms with Crippen LogP contribution < -0.4 is 5.11 Å². The normalized spacial score (nSPS) is 23.8. The lowest BCUT2D eigenvalue weighted by Crippen LogP contribution is -2.50. The van der Waals surface area contributed by atoms with Gasteiger partial charge in [0.25, 0.3) is 0 Å². The molecular weight excluding hydrogens is 435 g/mol. The zero-order chi connectivity index (χ0) is 23.9. The summed E-state index contributed by atoms with van der Waals surface area (Å²) in [7, 11) is 0. The van der Waals surface area contributed by atoms with E-state index in [0.717, 1.165) is 29.6 Å². The maximum absolute atomic E-state index is 12.8. The molecule has 0 bridgehead atoms. The van der Waals surface area contributed by atoms with Gasteiger partial charge in [0.2, 0.25) is 0 Å². The van der Waals surface area contributed by atoms with Crippen molar-refractivity contribution < 1.29 is 23.1 Å². The Morgan fingerprint density at radius 2 is 1.91 bits per heavy atom. The number of azo groups is 1. The molecular formula is C23H29F3N5O2-. The highest BCUT2D eigenvalue weighted by molar-refractivity contribution is 5.90. The van der Waals surface area contributed by atoms with Crippen LogP contribution in [-0.2, 0) is 0 Å². The number of fused-ring (bicyclic) bond motifs is 1. The number of alkyl halides is 3. The molecule has 0 radical (unpaired) electrons. The quantitative estimate of drug-likeness (QED) is 0.679. The molecule has 0 amide bonds. The summed E-state index contributed by atoms with van der Waals surface area (Å²) < 4.78 is 40.3. The summed E-state index contributed by atoms with van der Waals surface area (Å²) in [6.07, 6.45) is -0.535. The fourth-order valence-corrected chi connectivity index (χ4v) is 5.06. The molecule has 2 aromatic rings. The number of piperazine rings is 1. The van der Waals surface area contributed by atoms with Crippen molar-refractivity contribution in [1.29, 1.82) is 0 Å². The maximum atomic E-state index is 12.8. The number of carboxylic acid groups (broad SMARTS) is 1. The summed E-state index contributed by atoms with van der Waals surface area (Å²) in [6, 6.07) is 3.48. The molecule has 0 aliphatic carbocycles. The summed E-state index contributed by atoms with van der Waals surface area (Å²) in [5.74, 6) is -1.25. The van der Waals surface area contributed by atoms with Gasteiger partial charge >= 0.3 is 6.18 Å². The minimum absolute atomic E-state index is 0.126. The second kappa shape index (κ2) is 9.06. The number of halogens is 3. The van der Waals surface area contributed by atoms with Crippen LogP contribution in [0.25, 0.3) is 5.52 Å². The van der Waals surface area contributed by atoms with Gasteiger partial charge in [-0.05, 0) is 51.3 Å². The number of nitrogens with zero attached hydrogens (tertiary/aromatic N) is 5. The topological polar surface area (TPSA) is 75.7 Å². The molecule has 3 unspecified atom stereocenters. The average molecular weight is 465 g/mol. The Bertz CT molecular complexity index is 1060. The van der Waals surface area contributed by atoms with Crippen LogP contribution >= 0.6 is 0 Å². The summed E-state index contributed by atoms with van der Waals surface area (Å²) in [5.41, 5.74) is 3.23. The summed E-state index contributed by atoms with van der Waals surface area (Å²) in [4.78, 5) is 15.5. The zero-order valence-corrected chi connectivity index (χ0v) is 19.1. The van der Waals surface area contributed by atoms with Gasteiger partial charge in [0.05, 0.1) is 30.1 Å². The number of aromatic carboxylic acids is 1. The van der Waals surface area contributed by atoms with Crippen molar-refractivity contribution in [3.63, 3.8) is 0 Å². The number of carbonyl (C=O) groups is 1. The van der Waals surface area contributed by atoms with Crippen LogP contribution in [0, 0.1) is 6.92 Å². The molecule has 180 valence electrons. The highest BCUT2D eigenvalue weighted by atomic mass is 19.4. The van der Waals surface area contributed by atoms with Gasteiger partial charge in [0, 0.05) is 55.2 Å². The van der Waals surface area contributed by atoms with Crippen molar-refractivity contribution in [3.8, 4) is 0 Å². The fraction of sp³-hybridized carbons (Fsp3) is 0.609. The Hall–Kier alpha value is -2.46. The first-order chi connectivity index (χ1) is 15.5. The average Bonchev–Trinajstić information content (AvgIpc) is 3.16. The molecule has 2 aromatic heterocycles. The lowest BCUT2D eigenvalue weighted by Gasteiger charge is -2.39. The van der Waals surface area contributed by atoms with E-state index in [1.807, 2.05) is 30.5 Å². The third-order valence-corrected chi connectivity index (χ3v) is 6.88.